The fourth-order valence-corrected chi connectivity index (χ4v) is 2.54. The Morgan fingerprint density at radius 2 is 2.17 bits per heavy atom. The van der Waals surface area contributed by atoms with Crippen molar-refractivity contribution in [1.82, 2.24) is 14.5 Å². The number of hydrogen-bond acceptors (Lipinski definition) is 4. The van der Waals surface area contributed by atoms with Crippen LogP contribution in [-0.4, -0.2) is 34.0 Å². The van der Waals surface area contributed by atoms with E-state index >= 15 is 0 Å². The van der Waals surface area contributed by atoms with Gasteiger partial charge in [-0.2, -0.15) is 0 Å². The van der Waals surface area contributed by atoms with E-state index in [0.29, 0.717) is 5.82 Å². The lowest BCUT2D eigenvalue weighted by molar-refractivity contribution is -0.114. The lowest BCUT2D eigenvalue weighted by atomic mass is 10.2. The second kappa shape index (κ2) is 6.48. The minimum atomic E-state index is -0.0903. The summed E-state index contributed by atoms with van der Waals surface area (Å²) in [6.45, 7) is 3.25. The zero-order valence-electron chi connectivity index (χ0n) is 13.2. The number of nitrogens with one attached hydrogen (secondary N) is 1. The summed E-state index contributed by atoms with van der Waals surface area (Å²) in [5.41, 5.74) is 1.96. The van der Waals surface area contributed by atoms with Crippen LogP contribution in [0.3, 0.4) is 0 Å². The topological polar surface area (TPSA) is 63.1 Å². The molecule has 23 heavy (non-hydrogen) atoms. The van der Waals surface area contributed by atoms with Crippen LogP contribution in [0.15, 0.2) is 49.1 Å². The quantitative estimate of drug-likeness (QED) is 0.786. The molecule has 0 aliphatic heterocycles. The highest BCUT2D eigenvalue weighted by Crippen LogP contribution is 2.20. The van der Waals surface area contributed by atoms with Crippen molar-refractivity contribution in [3.63, 3.8) is 0 Å². The van der Waals surface area contributed by atoms with Gasteiger partial charge in [-0.1, -0.05) is 0 Å². The van der Waals surface area contributed by atoms with Crippen molar-refractivity contribution in [1.29, 1.82) is 0 Å². The van der Waals surface area contributed by atoms with Crippen molar-refractivity contribution in [2.45, 2.75) is 13.5 Å². The first-order chi connectivity index (χ1) is 11.2. The lowest BCUT2D eigenvalue weighted by Crippen LogP contribution is -2.30. The molecule has 1 aromatic carbocycles. The average Bonchev–Trinajstić information content (AvgIpc) is 2.97. The lowest BCUT2D eigenvalue weighted by Gasteiger charge is -2.17. The number of amides is 1. The normalized spacial score (nSPS) is 10.7. The maximum Gasteiger partial charge on any atom is 0.243 e. The molecule has 2 heterocycles. The number of anilines is 2. The van der Waals surface area contributed by atoms with E-state index in [2.05, 4.69) is 39.0 Å². The summed E-state index contributed by atoms with van der Waals surface area (Å²) in [5, 5.41) is 4.04. The van der Waals surface area contributed by atoms with Gasteiger partial charge < -0.3 is 14.8 Å². The van der Waals surface area contributed by atoms with Crippen molar-refractivity contribution >= 4 is 28.3 Å². The molecule has 0 aliphatic rings. The van der Waals surface area contributed by atoms with Gasteiger partial charge in [-0.05, 0) is 31.2 Å². The van der Waals surface area contributed by atoms with E-state index in [1.54, 1.807) is 23.5 Å². The largest absolute Gasteiger partial charge is 0.349 e. The summed E-state index contributed by atoms with van der Waals surface area (Å²) in [7, 11) is 1.81. The number of carbonyl (C=O) groups is 1. The summed E-state index contributed by atoms with van der Waals surface area (Å²) in [5.74, 6) is 0.575. The Morgan fingerprint density at radius 3 is 2.91 bits per heavy atom. The molecule has 0 saturated heterocycles. The van der Waals surface area contributed by atoms with Crippen LogP contribution >= 0.6 is 0 Å². The number of hydrogen-bond donors (Lipinski definition) is 1. The van der Waals surface area contributed by atoms with Crippen LogP contribution in [0.25, 0.3) is 10.9 Å². The van der Waals surface area contributed by atoms with Crippen molar-refractivity contribution < 1.29 is 4.79 Å². The molecule has 1 N–H and O–H groups in total. The molecule has 0 atom stereocenters. The summed E-state index contributed by atoms with van der Waals surface area (Å²) in [4.78, 5) is 22.1. The standard InChI is InChI=1S/C17H19N5O/c1-3-22-9-6-13-10-14(4-5-15(13)22)20-17(23)12-21(2)16-11-18-7-8-19-16/h4-11H,3,12H2,1-2H3,(H,20,23). The third kappa shape index (κ3) is 3.31. The Balaban J connectivity index is 1.68. The van der Waals surface area contributed by atoms with Crippen molar-refractivity contribution in [3.05, 3.63) is 49.1 Å². The molecule has 6 heteroatoms. The molecule has 0 saturated carbocycles. The van der Waals surface area contributed by atoms with E-state index in [9.17, 15) is 4.79 Å². The first-order valence-corrected chi connectivity index (χ1v) is 7.53. The number of nitrogens with zero attached hydrogens (tertiary/aromatic N) is 4. The Labute approximate surface area is 134 Å². The summed E-state index contributed by atoms with van der Waals surface area (Å²) < 4.78 is 2.17. The van der Waals surface area contributed by atoms with E-state index in [-0.39, 0.29) is 12.5 Å². The molecule has 118 valence electrons. The smallest absolute Gasteiger partial charge is 0.243 e. The Hall–Kier alpha value is -2.89. The molecule has 6 nitrogen and oxygen atoms in total. The molecular formula is C17H19N5O. The van der Waals surface area contributed by atoms with Crippen molar-refractivity contribution in [2.75, 3.05) is 23.8 Å². The van der Waals surface area contributed by atoms with Gasteiger partial charge in [0, 0.05) is 48.8 Å². The molecule has 0 aliphatic carbocycles. The van der Waals surface area contributed by atoms with Gasteiger partial charge in [0.05, 0.1) is 12.7 Å². The number of likely N-dealkylation sites (N-methyl/N-ethyl adjacent to an activating group) is 1. The van der Waals surface area contributed by atoms with E-state index in [1.165, 1.54) is 5.52 Å². The van der Waals surface area contributed by atoms with Gasteiger partial charge in [-0.15, -0.1) is 0 Å². The van der Waals surface area contributed by atoms with Crippen LogP contribution in [-0.2, 0) is 11.3 Å². The number of benzene rings is 1. The van der Waals surface area contributed by atoms with Gasteiger partial charge in [-0.3, -0.25) is 9.78 Å². The van der Waals surface area contributed by atoms with Gasteiger partial charge in [0.15, 0.2) is 0 Å². The minimum absolute atomic E-state index is 0.0903. The van der Waals surface area contributed by atoms with Gasteiger partial charge in [0.2, 0.25) is 5.91 Å². The van der Waals surface area contributed by atoms with E-state index < -0.39 is 0 Å². The molecule has 0 spiro atoms. The zero-order chi connectivity index (χ0) is 16.2. The fraction of sp³-hybridized carbons (Fsp3) is 0.235. The SMILES string of the molecule is CCn1ccc2cc(NC(=O)CN(C)c3cnccn3)ccc21. The molecule has 0 unspecified atom stereocenters. The molecule has 1 amide bonds. The maximum absolute atomic E-state index is 12.2. The van der Waals surface area contributed by atoms with Crippen LogP contribution in [0.4, 0.5) is 11.5 Å². The van der Waals surface area contributed by atoms with Gasteiger partial charge in [-0.25, -0.2) is 4.98 Å². The Kier molecular flexibility index (Phi) is 4.23. The monoisotopic (exact) mass is 309 g/mol. The van der Waals surface area contributed by atoms with E-state index in [0.717, 1.165) is 17.6 Å². The highest BCUT2D eigenvalue weighted by Gasteiger charge is 2.09. The van der Waals surface area contributed by atoms with Crippen LogP contribution in [0.5, 0.6) is 0 Å². The van der Waals surface area contributed by atoms with Gasteiger partial charge in [0.1, 0.15) is 5.82 Å². The fourth-order valence-electron chi connectivity index (χ4n) is 2.54. The number of aromatic nitrogens is 3. The van der Waals surface area contributed by atoms with Crippen LogP contribution in [0.2, 0.25) is 0 Å². The molecular weight excluding hydrogens is 290 g/mol. The summed E-state index contributed by atoms with van der Waals surface area (Å²) in [6.07, 6.45) is 6.90. The predicted octanol–water partition coefficient (Wildman–Crippen LogP) is 2.53. The highest BCUT2D eigenvalue weighted by atomic mass is 16.2. The van der Waals surface area contributed by atoms with Crippen molar-refractivity contribution in [3.8, 4) is 0 Å². The number of aryl methyl sites for hydroxylation is 1. The van der Waals surface area contributed by atoms with Crippen molar-refractivity contribution in [2.24, 2.45) is 0 Å². The maximum atomic E-state index is 12.2. The van der Waals surface area contributed by atoms with Crippen LogP contribution in [0.1, 0.15) is 6.92 Å². The third-order valence-electron chi connectivity index (χ3n) is 3.72. The Morgan fingerprint density at radius 1 is 1.30 bits per heavy atom. The molecule has 3 rings (SSSR count). The van der Waals surface area contributed by atoms with Gasteiger partial charge >= 0.3 is 0 Å². The third-order valence-corrected chi connectivity index (χ3v) is 3.72. The highest BCUT2D eigenvalue weighted by molar-refractivity contribution is 5.96. The van der Waals surface area contributed by atoms with E-state index in [1.807, 2.05) is 25.2 Å². The van der Waals surface area contributed by atoms with Crippen LogP contribution in [0, 0.1) is 0 Å². The molecule has 0 bridgehead atoms. The number of carbonyl (C=O) groups excluding carboxylic acids is 1. The van der Waals surface area contributed by atoms with Gasteiger partial charge in [0.25, 0.3) is 0 Å². The zero-order valence-corrected chi connectivity index (χ0v) is 13.2. The second-order valence-corrected chi connectivity index (χ2v) is 5.34. The summed E-state index contributed by atoms with van der Waals surface area (Å²) >= 11 is 0. The average molecular weight is 309 g/mol. The summed E-state index contributed by atoms with van der Waals surface area (Å²) in [6, 6.07) is 8.00. The molecule has 2 aromatic heterocycles. The second-order valence-electron chi connectivity index (χ2n) is 5.34. The first kappa shape index (κ1) is 15.0. The molecule has 0 fully saturated rings. The predicted molar refractivity (Wildman–Crippen MR) is 91.5 cm³/mol. The Bertz CT molecular complexity index is 812. The number of fused-ring (bicyclic) bond motifs is 1. The molecule has 0 radical (unpaired) electrons. The first-order valence-electron chi connectivity index (χ1n) is 7.53. The minimum Gasteiger partial charge on any atom is -0.349 e. The van der Waals surface area contributed by atoms with E-state index in [4.69, 9.17) is 0 Å². The number of rotatable bonds is 5. The van der Waals surface area contributed by atoms with Crippen LogP contribution < -0.4 is 10.2 Å². The molecule has 3 aromatic rings.